The number of carbonyl (C=O) groups is 1. The molecule has 0 bridgehead atoms. The van der Waals surface area contributed by atoms with E-state index in [1.54, 1.807) is 31.4 Å². The van der Waals surface area contributed by atoms with E-state index in [-0.39, 0.29) is 23.9 Å². The van der Waals surface area contributed by atoms with Gasteiger partial charge in [0, 0.05) is 11.5 Å². The number of benzene rings is 2. The van der Waals surface area contributed by atoms with Crippen molar-refractivity contribution in [2.75, 3.05) is 6.61 Å². The number of aryl methyl sites for hydroxylation is 1. The zero-order valence-electron chi connectivity index (χ0n) is 19.5. The quantitative estimate of drug-likeness (QED) is 0.395. The molecule has 180 valence electrons. The van der Waals surface area contributed by atoms with Crippen molar-refractivity contribution < 1.29 is 28.2 Å². The van der Waals surface area contributed by atoms with Gasteiger partial charge in [-0.2, -0.15) is 0 Å². The number of ether oxygens (including phenoxy) is 2. The van der Waals surface area contributed by atoms with Crippen molar-refractivity contribution in [2.24, 2.45) is 5.92 Å². The Hall–Kier alpha value is -3.03. The van der Waals surface area contributed by atoms with Crippen LogP contribution in [-0.4, -0.2) is 28.8 Å². The fourth-order valence-electron chi connectivity index (χ4n) is 4.55. The van der Waals surface area contributed by atoms with Gasteiger partial charge in [0.15, 0.2) is 0 Å². The molecule has 0 aliphatic heterocycles. The molecule has 1 aliphatic rings. The van der Waals surface area contributed by atoms with Crippen LogP contribution in [0.2, 0.25) is 0 Å². The first-order valence-corrected chi connectivity index (χ1v) is 11.7. The first kappa shape index (κ1) is 24.1. The number of hydrogen-bond acceptors (Lipinski definition) is 5. The lowest BCUT2D eigenvalue weighted by Crippen LogP contribution is -2.31. The van der Waals surface area contributed by atoms with Gasteiger partial charge in [-0.25, -0.2) is 14.2 Å². The number of aromatic nitrogens is 1. The summed E-state index contributed by atoms with van der Waals surface area (Å²) in [5.41, 5.74) is 3.13. The minimum Gasteiger partial charge on any atom is -0.478 e. The minimum atomic E-state index is -0.935. The molecule has 3 aromatic rings. The van der Waals surface area contributed by atoms with E-state index in [1.807, 2.05) is 19.1 Å². The molecule has 6 nitrogen and oxygen atoms in total. The van der Waals surface area contributed by atoms with E-state index in [9.17, 15) is 14.3 Å². The third-order valence-corrected chi connectivity index (χ3v) is 6.44. The molecule has 1 N–H and O–H groups in total. The van der Waals surface area contributed by atoms with Gasteiger partial charge in [0.05, 0.1) is 31.0 Å². The summed E-state index contributed by atoms with van der Waals surface area (Å²) in [6, 6.07) is 11.5. The smallest absolute Gasteiger partial charge is 0.336 e. The topological polar surface area (TPSA) is 81.8 Å². The van der Waals surface area contributed by atoms with Crippen molar-refractivity contribution in [3.63, 3.8) is 0 Å². The van der Waals surface area contributed by atoms with Crippen molar-refractivity contribution in [3.05, 3.63) is 76.9 Å². The second-order valence-electron chi connectivity index (χ2n) is 8.86. The molecule has 2 aromatic carbocycles. The average Bonchev–Trinajstić information content (AvgIpc) is 3.31. The number of carboxylic acids is 1. The van der Waals surface area contributed by atoms with Crippen LogP contribution in [0.25, 0.3) is 11.5 Å². The highest BCUT2D eigenvalue weighted by atomic mass is 19.1. The third kappa shape index (κ3) is 5.72. The van der Waals surface area contributed by atoms with Gasteiger partial charge in [-0.3, -0.25) is 0 Å². The van der Waals surface area contributed by atoms with Crippen LogP contribution in [-0.2, 0) is 16.1 Å². The first-order valence-electron chi connectivity index (χ1n) is 11.7. The van der Waals surface area contributed by atoms with E-state index >= 15 is 0 Å². The Balaban J connectivity index is 1.35. The van der Waals surface area contributed by atoms with Gasteiger partial charge in [0.1, 0.15) is 17.8 Å². The van der Waals surface area contributed by atoms with E-state index < -0.39 is 5.97 Å². The van der Waals surface area contributed by atoms with E-state index in [0.29, 0.717) is 41.5 Å². The van der Waals surface area contributed by atoms with Crippen molar-refractivity contribution in [1.29, 1.82) is 0 Å². The molecule has 0 saturated heterocycles. The summed E-state index contributed by atoms with van der Waals surface area (Å²) in [7, 11) is 0. The maximum absolute atomic E-state index is 13.1. The van der Waals surface area contributed by atoms with Crippen molar-refractivity contribution in [2.45, 2.75) is 58.3 Å². The van der Waals surface area contributed by atoms with E-state index in [0.717, 1.165) is 31.2 Å². The van der Waals surface area contributed by atoms with Crippen molar-refractivity contribution >= 4 is 5.97 Å². The van der Waals surface area contributed by atoms with Crippen LogP contribution >= 0.6 is 0 Å². The standard InChI is InChI=1S/C27H30FNO5/c1-17-6-5-8-23(25(17)27(30)31)18(2)32-14-20-7-3-4-9-24(20)33-15-22-16-34-26(29-22)19-10-12-21(28)13-11-19/h5-6,8,10-13,16,18,20,24H,3-4,7,9,14-15H2,1-2H3,(H,30,31)/t18?,20-,24-/m0/s1. The molecule has 0 radical (unpaired) electrons. The van der Waals surface area contributed by atoms with Crippen LogP contribution < -0.4 is 0 Å². The Morgan fingerprint density at radius 2 is 1.97 bits per heavy atom. The van der Waals surface area contributed by atoms with Crippen LogP contribution in [0.1, 0.15) is 65.9 Å². The number of carboxylic acid groups (broad SMARTS) is 1. The number of nitrogens with zero attached hydrogens (tertiary/aromatic N) is 1. The fourth-order valence-corrected chi connectivity index (χ4v) is 4.55. The molecule has 1 heterocycles. The Morgan fingerprint density at radius 3 is 2.74 bits per heavy atom. The molecule has 7 heteroatoms. The molecular weight excluding hydrogens is 437 g/mol. The maximum atomic E-state index is 13.1. The van der Waals surface area contributed by atoms with Gasteiger partial charge in [-0.1, -0.05) is 31.0 Å². The zero-order valence-corrected chi connectivity index (χ0v) is 19.5. The monoisotopic (exact) mass is 467 g/mol. The summed E-state index contributed by atoms with van der Waals surface area (Å²) in [6.45, 7) is 4.52. The zero-order chi connectivity index (χ0) is 24.1. The number of oxazole rings is 1. The lowest BCUT2D eigenvalue weighted by Gasteiger charge is -2.32. The van der Waals surface area contributed by atoms with Gasteiger partial charge in [-0.05, 0) is 62.1 Å². The molecule has 1 fully saturated rings. The fraction of sp³-hybridized carbons (Fsp3) is 0.407. The predicted molar refractivity (Wildman–Crippen MR) is 125 cm³/mol. The molecule has 1 aliphatic carbocycles. The molecule has 3 atom stereocenters. The predicted octanol–water partition coefficient (Wildman–Crippen LogP) is 6.34. The number of rotatable bonds is 9. The summed E-state index contributed by atoms with van der Waals surface area (Å²) in [5, 5.41) is 9.61. The first-order chi connectivity index (χ1) is 16.4. The highest BCUT2D eigenvalue weighted by molar-refractivity contribution is 5.91. The summed E-state index contributed by atoms with van der Waals surface area (Å²) in [4.78, 5) is 16.2. The third-order valence-electron chi connectivity index (χ3n) is 6.44. The molecule has 0 amide bonds. The molecule has 34 heavy (non-hydrogen) atoms. The maximum Gasteiger partial charge on any atom is 0.336 e. The lowest BCUT2D eigenvalue weighted by molar-refractivity contribution is -0.0640. The van der Waals surface area contributed by atoms with Crippen LogP contribution in [0.5, 0.6) is 0 Å². The lowest BCUT2D eigenvalue weighted by atomic mass is 9.87. The van der Waals surface area contributed by atoms with Crippen LogP contribution in [0, 0.1) is 18.7 Å². The van der Waals surface area contributed by atoms with Gasteiger partial charge < -0.3 is 19.0 Å². The molecule has 0 spiro atoms. The van der Waals surface area contributed by atoms with Gasteiger partial charge in [0.25, 0.3) is 0 Å². The van der Waals surface area contributed by atoms with Crippen LogP contribution in [0.15, 0.2) is 53.1 Å². The second kappa shape index (κ2) is 10.9. The van der Waals surface area contributed by atoms with Crippen molar-refractivity contribution in [1.82, 2.24) is 4.98 Å². The molecule has 4 rings (SSSR count). The Labute approximate surface area is 198 Å². The molecular formula is C27H30FNO5. The van der Waals surface area contributed by atoms with Crippen LogP contribution in [0.3, 0.4) is 0 Å². The minimum absolute atomic E-state index is 0.0309. The molecule has 1 unspecified atom stereocenters. The van der Waals surface area contributed by atoms with E-state index in [1.165, 1.54) is 12.1 Å². The largest absolute Gasteiger partial charge is 0.478 e. The molecule has 1 saturated carbocycles. The highest BCUT2D eigenvalue weighted by Crippen LogP contribution is 2.31. The van der Waals surface area contributed by atoms with Gasteiger partial charge >= 0.3 is 5.97 Å². The second-order valence-corrected chi connectivity index (χ2v) is 8.86. The number of hydrogen-bond donors (Lipinski definition) is 1. The van der Waals surface area contributed by atoms with Gasteiger partial charge in [-0.15, -0.1) is 0 Å². The normalized spacial score (nSPS) is 19.1. The highest BCUT2D eigenvalue weighted by Gasteiger charge is 2.28. The Bertz CT molecular complexity index is 1110. The summed E-state index contributed by atoms with van der Waals surface area (Å²) >= 11 is 0. The van der Waals surface area contributed by atoms with Crippen LogP contribution in [0.4, 0.5) is 4.39 Å². The number of halogens is 1. The summed E-state index contributed by atoms with van der Waals surface area (Å²) in [5.74, 6) is -0.587. The van der Waals surface area contributed by atoms with Gasteiger partial charge in [0.2, 0.25) is 5.89 Å². The Morgan fingerprint density at radius 1 is 1.21 bits per heavy atom. The van der Waals surface area contributed by atoms with E-state index in [2.05, 4.69) is 4.98 Å². The average molecular weight is 468 g/mol. The summed E-state index contributed by atoms with van der Waals surface area (Å²) in [6.07, 6.45) is 5.42. The summed E-state index contributed by atoms with van der Waals surface area (Å²) < 4.78 is 31.1. The SMILES string of the molecule is Cc1cccc(C(C)OC[C@@H]2CCCC[C@@H]2OCc2coc(-c3ccc(F)cc3)n2)c1C(=O)O. The Kier molecular flexibility index (Phi) is 7.75. The number of aromatic carboxylic acids is 1. The van der Waals surface area contributed by atoms with E-state index in [4.69, 9.17) is 13.9 Å². The van der Waals surface area contributed by atoms with Crippen molar-refractivity contribution in [3.8, 4) is 11.5 Å². The molecule has 1 aromatic heterocycles.